The Kier molecular flexibility index (Phi) is 11.0. The molecule has 2 aromatic rings. The molecule has 0 bridgehead atoms. The zero-order valence-corrected chi connectivity index (χ0v) is 22.9. The molecule has 2 N–H and O–H groups in total. The van der Waals surface area contributed by atoms with Crippen molar-refractivity contribution < 1.29 is 28.9 Å². The van der Waals surface area contributed by atoms with Crippen LogP contribution in [0.4, 0.5) is 4.79 Å². The Hall–Kier alpha value is -4.25. The molecule has 8 heteroatoms. The molecule has 0 heterocycles. The number of ether oxygens (including phenoxy) is 3. The number of nitrogens with zero attached hydrogens (tertiary/aromatic N) is 1. The summed E-state index contributed by atoms with van der Waals surface area (Å²) in [7, 11) is 1.30. The fraction of sp³-hybridized carbons (Fsp3) is 0.367. The van der Waals surface area contributed by atoms with Gasteiger partial charge in [-0.05, 0) is 62.2 Å². The average Bonchev–Trinajstić information content (AvgIpc) is 2.89. The fourth-order valence-electron chi connectivity index (χ4n) is 3.48. The van der Waals surface area contributed by atoms with E-state index < -0.39 is 17.7 Å². The van der Waals surface area contributed by atoms with Crippen molar-refractivity contribution in [2.75, 3.05) is 7.11 Å². The van der Waals surface area contributed by atoms with Gasteiger partial charge in [0.2, 0.25) is 0 Å². The maximum atomic E-state index is 12.1. The lowest BCUT2D eigenvalue weighted by Crippen LogP contribution is -2.32. The number of amides is 1. The second-order valence-corrected chi connectivity index (χ2v) is 9.52. The maximum absolute atomic E-state index is 12.1. The van der Waals surface area contributed by atoms with Crippen LogP contribution in [0.3, 0.4) is 0 Å². The summed E-state index contributed by atoms with van der Waals surface area (Å²) in [5.41, 5.74) is 2.48. The molecule has 202 valence electrons. The Bertz CT molecular complexity index is 1250. The summed E-state index contributed by atoms with van der Waals surface area (Å²) in [6.07, 6.45) is 2.10. The number of rotatable bonds is 10. The molecule has 0 radical (unpaired) electrons. The van der Waals surface area contributed by atoms with Crippen LogP contribution in [0.15, 0.2) is 60.1 Å². The number of esters is 1. The highest BCUT2D eigenvalue weighted by Gasteiger charge is 2.17. The van der Waals surface area contributed by atoms with Gasteiger partial charge in [0.1, 0.15) is 17.1 Å². The van der Waals surface area contributed by atoms with Gasteiger partial charge in [-0.1, -0.05) is 32.0 Å². The van der Waals surface area contributed by atoms with Crippen molar-refractivity contribution in [3.8, 4) is 11.8 Å². The zero-order chi connectivity index (χ0) is 28.3. The molecule has 0 atom stereocenters. The SMILES string of the molecule is CC/C(O)=C(\C=C(/CC)Oc1ccc(C#N)cc1CC(=O)OC)c1cccc(CNC(=O)OC(C)(C)C)c1. The van der Waals surface area contributed by atoms with E-state index >= 15 is 0 Å². The van der Waals surface area contributed by atoms with Crippen molar-refractivity contribution in [3.05, 3.63) is 82.3 Å². The quantitative estimate of drug-likeness (QED) is 0.213. The lowest BCUT2D eigenvalue weighted by molar-refractivity contribution is -0.139. The molecule has 0 aliphatic carbocycles. The van der Waals surface area contributed by atoms with Crippen molar-refractivity contribution in [2.45, 2.75) is 66.0 Å². The molecule has 1 amide bonds. The first-order valence-corrected chi connectivity index (χ1v) is 12.5. The number of hydrogen-bond donors (Lipinski definition) is 2. The van der Waals surface area contributed by atoms with E-state index in [1.54, 1.807) is 45.0 Å². The number of benzene rings is 2. The van der Waals surface area contributed by atoms with Gasteiger partial charge in [0.25, 0.3) is 0 Å². The molecule has 0 aromatic heterocycles. The lowest BCUT2D eigenvalue weighted by atomic mass is 9.99. The van der Waals surface area contributed by atoms with Crippen LogP contribution < -0.4 is 10.1 Å². The highest BCUT2D eigenvalue weighted by Crippen LogP contribution is 2.28. The van der Waals surface area contributed by atoms with E-state index in [0.717, 1.165) is 11.1 Å². The molecule has 0 aliphatic rings. The summed E-state index contributed by atoms with van der Waals surface area (Å²) in [4.78, 5) is 24.0. The Morgan fingerprint density at radius 2 is 1.84 bits per heavy atom. The number of alkyl carbamates (subject to hydrolysis) is 1. The van der Waals surface area contributed by atoms with Gasteiger partial charge in [0.15, 0.2) is 0 Å². The summed E-state index contributed by atoms with van der Waals surface area (Å²) in [5.74, 6) is 0.695. The number of hydrogen-bond acceptors (Lipinski definition) is 7. The molecule has 0 spiro atoms. The normalized spacial score (nSPS) is 12.2. The van der Waals surface area contributed by atoms with Gasteiger partial charge in [-0.3, -0.25) is 4.79 Å². The summed E-state index contributed by atoms with van der Waals surface area (Å²) in [6, 6.07) is 14.4. The second-order valence-electron chi connectivity index (χ2n) is 9.52. The van der Waals surface area contributed by atoms with Crippen LogP contribution in [-0.4, -0.2) is 29.9 Å². The molecule has 8 nitrogen and oxygen atoms in total. The van der Waals surface area contributed by atoms with Gasteiger partial charge >= 0.3 is 12.1 Å². The van der Waals surface area contributed by atoms with Crippen LogP contribution in [-0.2, 0) is 27.2 Å². The van der Waals surface area contributed by atoms with E-state index in [9.17, 15) is 20.0 Å². The summed E-state index contributed by atoms with van der Waals surface area (Å²) in [5, 5.41) is 22.8. The molecule has 0 aliphatic heterocycles. The molecule has 0 unspecified atom stereocenters. The van der Waals surface area contributed by atoms with E-state index in [4.69, 9.17) is 14.2 Å². The molecule has 38 heavy (non-hydrogen) atoms. The van der Waals surface area contributed by atoms with Gasteiger partial charge in [-0.2, -0.15) is 5.26 Å². The minimum Gasteiger partial charge on any atom is -0.512 e. The number of carbonyl (C=O) groups is 2. The number of nitrogens with one attached hydrogen (secondary N) is 1. The minimum absolute atomic E-state index is 0.0477. The van der Waals surface area contributed by atoms with Gasteiger partial charge in [-0.15, -0.1) is 0 Å². The first-order valence-electron chi connectivity index (χ1n) is 12.5. The Balaban J connectivity index is 2.37. The summed E-state index contributed by atoms with van der Waals surface area (Å²) in [6.45, 7) is 9.41. The van der Waals surface area contributed by atoms with Gasteiger partial charge in [0.05, 0.1) is 30.9 Å². The number of allylic oxidation sites excluding steroid dienone is 4. The predicted molar refractivity (Wildman–Crippen MR) is 145 cm³/mol. The molecular formula is C30H36N2O6. The van der Waals surface area contributed by atoms with Crippen LogP contribution in [0.25, 0.3) is 5.57 Å². The number of carbonyl (C=O) groups excluding carboxylic acids is 2. The minimum atomic E-state index is -0.595. The van der Waals surface area contributed by atoms with Crippen molar-refractivity contribution in [2.24, 2.45) is 0 Å². The lowest BCUT2D eigenvalue weighted by Gasteiger charge is -2.19. The van der Waals surface area contributed by atoms with E-state index in [1.807, 2.05) is 38.1 Å². The molecule has 2 rings (SSSR count). The van der Waals surface area contributed by atoms with Crippen LogP contribution in [0.2, 0.25) is 0 Å². The van der Waals surface area contributed by atoms with Crippen LogP contribution in [0.1, 0.15) is 69.7 Å². The molecular weight excluding hydrogens is 484 g/mol. The summed E-state index contributed by atoms with van der Waals surface area (Å²) >= 11 is 0. The molecule has 0 saturated heterocycles. The van der Waals surface area contributed by atoms with E-state index in [2.05, 4.69) is 11.4 Å². The monoisotopic (exact) mass is 520 g/mol. The van der Waals surface area contributed by atoms with Gasteiger partial charge < -0.3 is 24.6 Å². The molecule has 2 aromatic carbocycles. The molecule has 0 saturated carbocycles. The first-order chi connectivity index (χ1) is 18.0. The smallest absolute Gasteiger partial charge is 0.407 e. The largest absolute Gasteiger partial charge is 0.512 e. The number of aliphatic hydroxyl groups excluding tert-OH is 1. The van der Waals surface area contributed by atoms with E-state index in [1.165, 1.54) is 7.11 Å². The van der Waals surface area contributed by atoms with Crippen molar-refractivity contribution in [1.82, 2.24) is 5.32 Å². The van der Waals surface area contributed by atoms with E-state index in [0.29, 0.717) is 41.1 Å². The Morgan fingerprint density at radius 1 is 1.11 bits per heavy atom. The van der Waals surface area contributed by atoms with Crippen molar-refractivity contribution in [1.29, 1.82) is 5.26 Å². The Labute approximate surface area is 224 Å². The Morgan fingerprint density at radius 3 is 2.45 bits per heavy atom. The first kappa shape index (κ1) is 30.0. The second kappa shape index (κ2) is 13.9. The van der Waals surface area contributed by atoms with Gasteiger partial charge in [0, 0.05) is 30.5 Å². The molecule has 0 fully saturated rings. The van der Waals surface area contributed by atoms with Crippen LogP contribution in [0, 0.1) is 11.3 Å². The van der Waals surface area contributed by atoms with Crippen molar-refractivity contribution >= 4 is 17.6 Å². The predicted octanol–water partition coefficient (Wildman–Crippen LogP) is 6.35. The number of aliphatic hydroxyl groups is 1. The standard InChI is InChI=1S/C30H36N2O6/c1-7-24(37-27-13-12-20(18-31)14-23(27)16-28(34)36-6)17-25(26(33)8-2)22-11-9-10-21(15-22)19-32-29(35)38-30(3,4)5/h9-15,17,33H,7-8,16,19H2,1-6H3,(H,32,35)/b24-17+,26-25-. The van der Waals surface area contributed by atoms with Crippen LogP contribution >= 0.6 is 0 Å². The third kappa shape index (κ3) is 9.32. The van der Waals surface area contributed by atoms with Crippen LogP contribution in [0.5, 0.6) is 5.75 Å². The number of nitriles is 1. The third-order valence-corrected chi connectivity index (χ3v) is 5.37. The third-order valence-electron chi connectivity index (χ3n) is 5.37. The highest BCUT2D eigenvalue weighted by atomic mass is 16.6. The summed E-state index contributed by atoms with van der Waals surface area (Å²) < 4.78 is 16.3. The van der Waals surface area contributed by atoms with Gasteiger partial charge in [-0.25, -0.2) is 4.79 Å². The fourth-order valence-corrected chi connectivity index (χ4v) is 3.48. The zero-order valence-electron chi connectivity index (χ0n) is 22.9. The average molecular weight is 521 g/mol. The maximum Gasteiger partial charge on any atom is 0.407 e. The van der Waals surface area contributed by atoms with Crippen molar-refractivity contribution in [3.63, 3.8) is 0 Å². The topological polar surface area (TPSA) is 118 Å². The highest BCUT2D eigenvalue weighted by molar-refractivity contribution is 5.77. The van der Waals surface area contributed by atoms with E-state index in [-0.39, 0.29) is 18.7 Å². The number of methoxy groups -OCH3 is 1.